The summed E-state index contributed by atoms with van der Waals surface area (Å²) >= 11 is 0. The summed E-state index contributed by atoms with van der Waals surface area (Å²) in [5, 5.41) is 2.97. The fraction of sp³-hybridized carbons (Fsp3) is 0.300. The van der Waals surface area contributed by atoms with Crippen molar-refractivity contribution in [3.05, 3.63) is 59.7 Å². The number of benzene rings is 2. The molecule has 2 atom stereocenters. The van der Waals surface area contributed by atoms with Gasteiger partial charge in [0.2, 0.25) is 11.8 Å². The molecule has 124 valence electrons. The monoisotopic (exact) mass is 322 g/mol. The Hall–Kier alpha value is -2.62. The van der Waals surface area contributed by atoms with Crippen LogP contribution < -0.4 is 10.2 Å². The van der Waals surface area contributed by atoms with Crippen LogP contribution >= 0.6 is 0 Å². The lowest BCUT2D eigenvalue weighted by Gasteiger charge is -2.17. The SMILES string of the molecule is Cc1cccc(NC(=O)C2CC2C(=O)N(C)c2ccccc2)c1C. The molecule has 4 heteroatoms. The van der Waals surface area contributed by atoms with Crippen LogP contribution in [-0.2, 0) is 9.59 Å². The minimum atomic E-state index is -0.233. The van der Waals surface area contributed by atoms with Gasteiger partial charge in [0.25, 0.3) is 0 Å². The average molecular weight is 322 g/mol. The van der Waals surface area contributed by atoms with Crippen LogP contribution in [0.1, 0.15) is 17.5 Å². The van der Waals surface area contributed by atoms with Crippen molar-refractivity contribution in [1.82, 2.24) is 0 Å². The summed E-state index contributed by atoms with van der Waals surface area (Å²) < 4.78 is 0. The number of hydrogen-bond acceptors (Lipinski definition) is 2. The Kier molecular flexibility index (Phi) is 4.38. The van der Waals surface area contributed by atoms with Crippen molar-refractivity contribution in [2.24, 2.45) is 11.8 Å². The lowest BCUT2D eigenvalue weighted by Crippen LogP contribution is -2.29. The van der Waals surface area contributed by atoms with Gasteiger partial charge in [0.1, 0.15) is 0 Å². The van der Waals surface area contributed by atoms with Crippen LogP contribution in [-0.4, -0.2) is 18.9 Å². The highest BCUT2D eigenvalue weighted by Gasteiger charge is 2.49. The zero-order chi connectivity index (χ0) is 17.3. The number of carbonyl (C=O) groups excluding carboxylic acids is 2. The first kappa shape index (κ1) is 16.2. The quantitative estimate of drug-likeness (QED) is 0.936. The molecule has 2 unspecified atom stereocenters. The zero-order valence-corrected chi connectivity index (χ0v) is 14.2. The van der Waals surface area contributed by atoms with Gasteiger partial charge in [-0.3, -0.25) is 9.59 Å². The smallest absolute Gasteiger partial charge is 0.230 e. The van der Waals surface area contributed by atoms with Gasteiger partial charge in [-0.1, -0.05) is 30.3 Å². The van der Waals surface area contributed by atoms with Gasteiger partial charge in [-0.15, -0.1) is 0 Å². The Morgan fingerprint density at radius 2 is 1.71 bits per heavy atom. The second-order valence-electron chi connectivity index (χ2n) is 6.42. The Morgan fingerprint density at radius 3 is 2.42 bits per heavy atom. The summed E-state index contributed by atoms with van der Waals surface area (Å²) in [5.74, 6) is -0.519. The van der Waals surface area contributed by atoms with Crippen LogP contribution in [0.15, 0.2) is 48.5 Å². The van der Waals surface area contributed by atoms with Crippen molar-refractivity contribution in [3.8, 4) is 0 Å². The van der Waals surface area contributed by atoms with E-state index >= 15 is 0 Å². The molecule has 0 bridgehead atoms. The van der Waals surface area contributed by atoms with Crippen molar-refractivity contribution < 1.29 is 9.59 Å². The molecule has 1 aliphatic rings. The van der Waals surface area contributed by atoms with Crippen LogP contribution in [0.2, 0.25) is 0 Å². The molecular formula is C20H22N2O2. The number of nitrogens with one attached hydrogen (secondary N) is 1. The molecular weight excluding hydrogens is 300 g/mol. The fourth-order valence-electron chi connectivity index (χ4n) is 2.90. The maximum absolute atomic E-state index is 12.5. The van der Waals surface area contributed by atoms with Crippen molar-refractivity contribution >= 4 is 23.2 Å². The van der Waals surface area contributed by atoms with Crippen molar-refractivity contribution in [2.45, 2.75) is 20.3 Å². The van der Waals surface area contributed by atoms with Gasteiger partial charge in [-0.05, 0) is 49.6 Å². The predicted octanol–water partition coefficient (Wildman–Crippen LogP) is 3.54. The molecule has 2 aromatic rings. The molecule has 1 aliphatic carbocycles. The van der Waals surface area contributed by atoms with Crippen LogP contribution in [0.25, 0.3) is 0 Å². The topological polar surface area (TPSA) is 49.4 Å². The summed E-state index contributed by atoms with van der Waals surface area (Å²) in [6.45, 7) is 4.01. The zero-order valence-electron chi connectivity index (χ0n) is 14.2. The molecule has 0 heterocycles. The molecule has 24 heavy (non-hydrogen) atoms. The number of hydrogen-bond donors (Lipinski definition) is 1. The van der Waals surface area contributed by atoms with Crippen molar-refractivity contribution in [1.29, 1.82) is 0 Å². The fourth-order valence-corrected chi connectivity index (χ4v) is 2.90. The average Bonchev–Trinajstić information content (AvgIpc) is 3.39. The molecule has 0 radical (unpaired) electrons. The molecule has 2 amide bonds. The maximum Gasteiger partial charge on any atom is 0.230 e. The largest absolute Gasteiger partial charge is 0.326 e. The highest BCUT2D eigenvalue weighted by Crippen LogP contribution is 2.41. The molecule has 1 N–H and O–H groups in total. The first-order chi connectivity index (χ1) is 11.5. The number of anilines is 2. The van der Waals surface area contributed by atoms with Gasteiger partial charge < -0.3 is 10.2 Å². The van der Waals surface area contributed by atoms with Gasteiger partial charge in [0, 0.05) is 18.4 Å². The summed E-state index contributed by atoms with van der Waals surface area (Å²) in [7, 11) is 1.76. The second kappa shape index (κ2) is 6.48. The summed E-state index contributed by atoms with van der Waals surface area (Å²) in [4.78, 5) is 26.6. The van der Waals surface area contributed by atoms with Crippen LogP contribution in [0.4, 0.5) is 11.4 Å². The molecule has 2 aromatic carbocycles. The minimum Gasteiger partial charge on any atom is -0.326 e. The van der Waals surface area contributed by atoms with E-state index in [0.29, 0.717) is 6.42 Å². The third kappa shape index (κ3) is 3.18. The van der Waals surface area contributed by atoms with E-state index in [9.17, 15) is 9.59 Å². The normalized spacial score (nSPS) is 18.8. The third-order valence-corrected chi connectivity index (χ3v) is 4.78. The van der Waals surface area contributed by atoms with Gasteiger partial charge in [0.15, 0.2) is 0 Å². The Morgan fingerprint density at radius 1 is 1.00 bits per heavy atom. The summed E-state index contributed by atoms with van der Waals surface area (Å²) in [5.41, 5.74) is 3.88. The molecule has 4 nitrogen and oxygen atoms in total. The van der Waals surface area contributed by atoms with Gasteiger partial charge >= 0.3 is 0 Å². The number of aryl methyl sites for hydroxylation is 1. The lowest BCUT2D eigenvalue weighted by atomic mass is 10.1. The van der Waals surface area contributed by atoms with E-state index in [2.05, 4.69) is 5.32 Å². The lowest BCUT2D eigenvalue weighted by molar-refractivity contribution is -0.123. The molecule has 0 spiro atoms. The number of rotatable bonds is 4. The summed E-state index contributed by atoms with van der Waals surface area (Å²) in [6, 6.07) is 15.3. The molecule has 3 rings (SSSR count). The number of carbonyl (C=O) groups is 2. The molecule has 1 fully saturated rings. The molecule has 0 saturated heterocycles. The van der Waals surface area contributed by atoms with Crippen LogP contribution in [0, 0.1) is 25.7 Å². The van der Waals surface area contributed by atoms with Crippen molar-refractivity contribution in [3.63, 3.8) is 0 Å². The number of nitrogens with zero attached hydrogens (tertiary/aromatic N) is 1. The second-order valence-corrected chi connectivity index (χ2v) is 6.42. The molecule has 0 aliphatic heterocycles. The Balaban J connectivity index is 1.63. The van der Waals surface area contributed by atoms with E-state index in [1.54, 1.807) is 11.9 Å². The molecule has 1 saturated carbocycles. The van der Waals surface area contributed by atoms with E-state index in [-0.39, 0.29) is 23.7 Å². The third-order valence-electron chi connectivity index (χ3n) is 4.78. The van der Waals surface area contributed by atoms with Gasteiger partial charge in [-0.2, -0.15) is 0 Å². The van der Waals surface area contributed by atoms with E-state index in [0.717, 1.165) is 22.5 Å². The first-order valence-electron chi connectivity index (χ1n) is 8.18. The summed E-state index contributed by atoms with van der Waals surface area (Å²) in [6.07, 6.45) is 0.618. The van der Waals surface area contributed by atoms with Crippen LogP contribution in [0.5, 0.6) is 0 Å². The first-order valence-corrected chi connectivity index (χ1v) is 8.18. The Labute approximate surface area is 142 Å². The highest BCUT2D eigenvalue weighted by molar-refractivity contribution is 6.04. The number of para-hydroxylation sites is 1. The van der Waals surface area contributed by atoms with E-state index in [1.807, 2.05) is 62.4 Å². The van der Waals surface area contributed by atoms with E-state index in [4.69, 9.17) is 0 Å². The number of amides is 2. The van der Waals surface area contributed by atoms with E-state index in [1.165, 1.54) is 0 Å². The van der Waals surface area contributed by atoms with Gasteiger partial charge in [-0.25, -0.2) is 0 Å². The maximum atomic E-state index is 12.5. The predicted molar refractivity (Wildman–Crippen MR) is 96.0 cm³/mol. The minimum absolute atomic E-state index is 0.00214. The van der Waals surface area contributed by atoms with Crippen LogP contribution in [0.3, 0.4) is 0 Å². The molecule has 0 aromatic heterocycles. The Bertz CT molecular complexity index is 770. The van der Waals surface area contributed by atoms with Crippen molar-refractivity contribution in [2.75, 3.05) is 17.3 Å². The van der Waals surface area contributed by atoms with Gasteiger partial charge in [0.05, 0.1) is 11.8 Å². The van der Waals surface area contributed by atoms with E-state index < -0.39 is 0 Å². The standard InChI is InChI=1S/C20H22N2O2/c1-13-8-7-11-18(14(13)2)21-19(23)16-12-17(16)20(24)22(3)15-9-5-4-6-10-15/h4-11,16-17H,12H2,1-3H3,(H,21,23). The highest BCUT2D eigenvalue weighted by atomic mass is 16.2.